The molecule has 0 aliphatic carbocycles. The van der Waals surface area contributed by atoms with Gasteiger partial charge in [-0.1, -0.05) is 30.3 Å². The zero-order valence-corrected chi connectivity index (χ0v) is 17.9. The van der Waals surface area contributed by atoms with Crippen molar-refractivity contribution in [1.82, 2.24) is 9.97 Å². The lowest BCUT2D eigenvalue weighted by atomic mass is 9.98. The van der Waals surface area contributed by atoms with Gasteiger partial charge in [0.2, 0.25) is 0 Å². The third-order valence-corrected chi connectivity index (χ3v) is 5.61. The molecule has 5 N–H and O–H groups in total. The van der Waals surface area contributed by atoms with Crippen LogP contribution >= 0.6 is 0 Å². The summed E-state index contributed by atoms with van der Waals surface area (Å²) in [5, 5.41) is 17.6. The topological polar surface area (TPSA) is 139 Å². The fourth-order valence-corrected chi connectivity index (χ4v) is 3.94. The van der Waals surface area contributed by atoms with E-state index in [1.807, 2.05) is 48.5 Å². The number of aromatic nitrogens is 2. The van der Waals surface area contributed by atoms with Gasteiger partial charge in [-0.3, -0.25) is 14.9 Å². The van der Waals surface area contributed by atoms with Crippen molar-refractivity contribution in [1.29, 1.82) is 0 Å². The number of nitro benzene ring substituents is 1. The second kappa shape index (κ2) is 8.64. The minimum absolute atomic E-state index is 0.0915. The van der Waals surface area contributed by atoms with Gasteiger partial charge in [-0.2, -0.15) is 0 Å². The fourth-order valence-electron chi connectivity index (χ4n) is 3.94. The van der Waals surface area contributed by atoms with E-state index in [2.05, 4.69) is 20.6 Å². The monoisotopic (exact) mass is 452 g/mol. The number of nitrogens with two attached hydrogens (primary N) is 1. The number of fused-ring (bicyclic) bond motifs is 1. The molecule has 168 valence electrons. The molecule has 9 nitrogen and oxygen atoms in total. The van der Waals surface area contributed by atoms with E-state index in [0.717, 1.165) is 28.1 Å². The molecule has 0 radical (unpaired) electrons. The minimum atomic E-state index is -0.476. The van der Waals surface area contributed by atoms with Gasteiger partial charge in [-0.05, 0) is 35.4 Å². The molecule has 0 bridgehead atoms. The molecule has 0 saturated heterocycles. The molecule has 0 fully saturated rings. The zero-order chi connectivity index (χ0) is 23.7. The first-order chi connectivity index (χ1) is 16.5. The molecule has 1 aliphatic heterocycles. The number of aromatic amines is 1. The van der Waals surface area contributed by atoms with Gasteiger partial charge in [0.25, 0.3) is 11.6 Å². The number of imidazole rings is 1. The maximum atomic E-state index is 13.1. The Labute approximate surface area is 194 Å². The first kappa shape index (κ1) is 21.1. The van der Waals surface area contributed by atoms with Crippen molar-refractivity contribution in [2.24, 2.45) is 5.73 Å². The quantitative estimate of drug-likeness (QED) is 0.195. The SMILES string of the molecule is NCc1cccc(C(Nc2ccc(-c3c[nH]cn3)cc2)=C2C(=O)Nc3ccc([N+](=O)[O-])cc32)c1. The van der Waals surface area contributed by atoms with Gasteiger partial charge in [0.05, 0.1) is 28.2 Å². The number of hydrogen-bond acceptors (Lipinski definition) is 6. The minimum Gasteiger partial charge on any atom is -0.354 e. The van der Waals surface area contributed by atoms with Crippen LogP contribution in [0.5, 0.6) is 0 Å². The summed E-state index contributed by atoms with van der Waals surface area (Å²) in [6.07, 6.45) is 3.42. The molecule has 1 aromatic heterocycles. The molecule has 0 unspecified atom stereocenters. The van der Waals surface area contributed by atoms with E-state index in [-0.39, 0.29) is 11.6 Å². The van der Waals surface area contributed by atoms with E-state index in [9.17, 15) is 14.9 Å². The molecule has 5 rings (SSSR count). The second-order valence-electron chi connectivity index (χ2n) is 7.75. The van der Waals surface area contributed by atoms with E-state index in [0.29, 0.717) is 29.1 Å². The van der Waals surface area contributed by atoms with Crippen molar-refractivity contribution in [3.63, 3.8) is 0 Å². The molecule has 1 amide bonds. The predicted molar refractivity (Wildman–Crippen MR) is 131 cm³/mol. The second-order valence-corrected chi connectivity index (χ2v) is 7.75. The lowest BCUT2D eigenvalue weighted by molar-refractivity contribution is -0.384. The zero-order valence-electron chi connectivity index (χ0n) is 17.9. The van der Waals surface area contributed by atoms with Crippen LogP contribution in [0.2, 0.25) is 0 Å². The number of H-pyrrole nitrogens is 1. The number of amides is 1. The van der Waals surface area contributed by atoms with Crippen LogP contribution in [-0.2, 0) is 11.3 Å². The van der Waals surface area contributed by atoms with Gasteiger partial charge in [-0.25, -0.2) is 4.98 Å². The van der Waals surface area contributed by atoms with Crippen LogP contribution in [0, 0.1) is 10.1 Å². The smallest absolute Gasteiger partial charge is 0.270 e. The Bertz CT molecular complexity index is 1430. The van der Waals surface area contributed by atoms with Crippen molar-refractivity contribution in [3.05, 3.63) is 106 Å². The number of benzene rings is 3. The van der Waals surface area contributed by atoms with Gasteiger partial charge in [0.1, 0.15) is 0 Å². The molecule has 9 heteroatoms. The number of rotatable bonds is 6. The summed E-state index contributed by atoms with van der Waals surface area (Å²) in [5.74, 6) is -0.343. The largest absolute Gasteiger partial charge is 0.354 e. The van der Waals surface area contributed by atoms with Crippen LogP contribution < -0.4 is 16.4 Å². The van der Waals surface area contributed by atoms with E-state index in [1.54, 1.807) is 18.6 Å². The molecule has 34 heavy (non-hydrogen) atoms. The third-order valence-electron chi connectivity index (χ3n) is 5.61. The maximum Gasteiger partial charge on any atom is 0.270 e. The molecular formula is C25H20N6O3. The number of nitrogens with zero attached hydrogens (tertiary/aromatic N) is 2. The highest BCUT2D eigenvalue weighted by Gasteiger charge is 2.30. The average Bonchev–Trinajstić information content (AvgIpc) is 3.50. The fraction of sp³-hybridized carbons (Fsp3) is 0.0400. The predicted octanol–water partition coefficient (Wildman–Crippen LogP) is 4.38. The van der Waals surface area contributed by atoms with Gasteiger partial charge in [-0.15, -0.1) is 0 Å². The standard InChI is InChI=1S/C25H20N6O3/c26-12-15-2-1-3-17(10-15)24(29-18-6-4-16(5-7-18)22-13-27-14-28-22)23-20-11-19(31(33)34)8-9-21(20)30-25(23)32/h1-11,13-14,29H,12,26H2,(H,27,28)(H,30,32). The summed E-state index contributed by atoms with van der Waals surface area (Å²) in [6, 6.07) is 19.5. The molecular weight excluding hydrogens is 432 g/mol. The molecule has 0 saturated carbocycles. The highest BCUT2D eigenvalue weighted by molar-refractivity contribution is 6.37. The van der Waals surface area contributed by atoms with E-state index in [1.165, 1.54) is 12.1 Å². The lowest BCUT2D eigenvalue weighted by Crippen LogP contribution is -2.10. The van der Waals surface area contributed by atoms with Crippen molar-refractivity contribution in [3.8, 4) is 11.3 Å². The third kappa shape index (κ3) is 3.91. The van der Waals surface area contributed by atoms with Gasteiger partial charge in [0, 0.05) is 47.4 Å². The first-order valence-corrected chi connectivity index (χ1v) is 10.5. The van der Waals surface area contributed by atoms with Crippen molar-refractivity contribution in [2.45, 2.75) is 6.54 Å². The van der Waals surface area contributed by atoms with E-state index in [4.69, 9.17) is 5.73 Å². The number of nitro groups is 1. The molecule has 0 spiro atoms. The number of carbonyl (C=O) groups is 1. The van der Waals surface area contributed by atoms with Crippen LogP contribution in [0.3, 0.4) is 0 Å². The Morgan fingerprint density at radius 3 is 2.62 bits per heavy atom. The Balaban J connectivity index is 1.64. The van der Waals surface area contributed by atoms with Crippen LogP contribution in [0.25, 0.3) is 22.5 Å². The Morgan fingerprint density at radius 1 is 1.09 bits per heavy atom. The maximum absolute atomic E-state index is 13.1. The number of hydrogen-bond donors (Lipinski definition) is 4. The number of anilines is 2. The van der Waals surface area contributed by atoms with Crippen LogP contribution in [-0.4, -0.2) is 20.8 Å². The summed E-state index contributed by atoms with van der Waals surface area (Å²) >= 11 is 0. The summed E-state index contributed by atoms with van der Waals surface area (Å²) in [4.78, 5) is 31.2. The van der Waals surface area contributed by atoms with Crippen LogP contribution in [0.4, 0.5) is 17.1 Å². The van der Waals surface area contributed by atoms with Crippen LogP contribution in [0.15, 0.2) is 79.3 Å². The summed E-state index contributed by atoms with van der Waals surface area (Å²) in [5.41, 5.74) is 11.7. The molecule has 0 atom stereocenters. The van der Waals surface area contributed by atoms with Gasteiger partial charge >= 0.3 is 0 Å². The van der Waals surface area contributed by atoms with Crippen LogP contribution in [0.1, 0.15) is 16.7 Å². The highest BCUT2D eigenvalue weighted by Crippen LogP contribution is 2.39. The molecule has 1 aliphatic rings. The average molecular weight is 452 g/mol. The Hall–Kier alpha value is -4.76. The summed E-state index contributed by atoms with van der Waals surface area (Å²) < 4.78 is 0. The number of nitrogens with one attached hydrogen (secondary N) is 3. The van der Waals surface area contributed by atoms with Crippen molar-refractivity contribution < 1.29 is 9.72 Å². The van der Waals surface area contributed by atoms with Crippen molar-refractivity contribution >= 4 is 34.2 Å². The number of non-ortho nitro benzene ring substituents is 1. The first-order valence-electron chi connectivity index (χ1n) is 10.5. The Kier molecular flexibility index (Phi) is 5.36. The Morgan fingerprint density at radius 2 is 1.91 bits per heavy atom. The highest BCUT2D eigenvalue weighted by atomic mass is 16.6. The van der Waals surface area contributed by atoms with E-state index >= 15 is 0 Å². The van der Waals surface area contributed by atoms with Gasteiger partial charge in [0.15, 0.2) is 0 Å². The molecule has 2 heterocycles. The summed E-state index contributed by atoms with van der Waals surface area (Å²) in [7, 11) is 0. The van der Waals surface area contributed by atoms with E-state index < -0.39 is 4.92 Å². The van der Waals surface area contributed by atoms with Crippen molar-refractivity contribution in [2.75, 3.05) is 10.6 Å². The molecule has 4 aromatic rings. The summed E-state index contributed by atoms with van der Waals surface area (Å²) in [6.45, 7) is 0.336. The normalized spacial score (nSPS) is 13.9. The molecule has 3 aromatic carbocycles. The van der Waals surface area contributed by atoms with Gasteiger partial charge < -0.3 is 21.4 Å². The lowest BCUT2D eigenvalue weighted by Gasteiger charge is -2.16. The number of carbonyl (C=O) groups excluding carboxylic acids is 1.